The maximum atomic E-state index is 11.0. The van der Waals surface area contributed by atoms with Crippen LogP contribution in [0.15, 0.2) is 36.5 Å². The Morgan fingerprint density at radius 2 is 2.24 bits per heavy atom. The summed E-state index contributed by atoms with van der Waals surface area (Å²) in [6, 6.07) is 8.11. The highest BCUT2D eigenvalue weighted by Gasteiger charge is 2.41. The van der Waals surface area contributed by atoms with E-state index in [9.17, 15) is 4.79 Å². The topological polar surface area (TPSA) is 52.6 Å². The minimum atomic E-state index is -0.828. The van der Waals surface area contributed by atoms with Gasteiger partial charge in [0.2, 0.25) is 0 Å². The highest BCUT2D eigenvalue weighted by Crippen LogP contribution is 2.41. The number of benzene rings is 1. The van der Waals surface area contributed by atoms with Crippen molar-refractivity contribution in [1.82, 2.24) is 4.90 Å². The predicted molar refractivity (Wildman–Crippen MR) is 65.1 cm³/mol. The summed E-state index contributed by atoms with van der Waals surface area (Å²) in [7, 11) is 0. The third-order valence-corrected chi connectivity index (χ3v) is 3.68. The van der Waals surface area contributed by atoms with Crippen molar-refractivity contribution in [1.29, 1.82) is 0 Å². The number of rotatable bonds is 0. The van der Waals surface area contributed by atoms with Crippen molar-refractivity contribution in [2.45, 2.75) is 11.8 Å². The lowest BCUT2D eigenvalue weighted by molar-refractivity contribution is 0.154. The number of hydrogen-bond donors (Lipinski definition) is 2. The summed E-state index contributed by atoms with van der Waals surface area (Å²) >= 11 is 0. The van der Waals surface area contributed by atoms with E-state index >= 15 is 0 Å². The predicted octanol–water partition coefficient (Wildman–Crippen LogP) is 2.25. The molecule has 1 fully saturated rings. The van der Waals surface area contributed by atoms with Crippen molar-refractivity contribution in [2.24, 2.45) is 0 Å². The van der Waals surface area contributed by atoms with Crippen LogP contribution < -0.4 is 5.32 Å². The fourth-order valence-corrected chi connectivity index (χ4v) is 2.78. The number of nitrogens with one attached hydrogen (secondary N) is 1. The van der Waals surface area contributed by atoms with Gasteiger partial charge in [0, 0.05) is 24.2 Å². The zero-order chi connectivity index (χ0) is 11.9. The van der Waals surface area contributed by atoms with Crippen LogP contribution in [0.1, 0.15) is 12.0 Å². The number of likely N-dealkylation sites (tertiary alicyclic amines) is 1. The van der Waals surface area contributed by atoms with Gasteiger partial charge < -0.3 is 15.3 Å². The van der Waals surface area contributed by atoms with Gasteiger partial charge in [-0.05, 0) is 24.3 Å². The van der Waals surface area contributed by atoms with Crippen LogP contribution in [0.4, 0.5) is 10.5 Å². The van der Waals surface area contributed by atoms with Crippen LogP contribution in [0, 0.1) is 0 Å². The zero-order valence-corrected chi connectivity index (χ0v) is 9.39. The molecule has 88 valence electrons. The monoisotopic (exact) mass is 230 g/mol. The summed E-state index contributed by atoms with van der Waals surface area (Å²) in [5, 5.41) is 12.3. The van der Waals surface area contributed by atoms with Gasteiger partial charge in [0.1, 0.15) is 0 Å². The van der Waals surface area contributed by atoms with Gasteiger partial charge in [-0.15, -0.1) is 0 Å². The second-order valence-electron chi connectivity index (χ2n) is 4.63. The molecule has 1 unspecified atom stereocenters. The second kappa shape index (κ2) is 3.52. The molecule has 4 heteroatoms. The van der Waals surface area contributed by atoms with E-state index in [2.05, 4.69) is 17.5 Å². The van der Waals surface area contributed by atoms with E-state index in [1.54, 1.807) is 0 Å². The largest absolute Gasteiger partial charge is 0.465 e. The summed E-state index contributed by atoms with van der Waals surface area (Å²) in [5.74, 6) is 0. The van der Waals surface area contributed by atoms with Crippen molar-refractivity contribution in [3.63, 3.8) is 0 Å². The van der Waals surface area contributed by atoms with Crippen molar-refractivity contribution in [3.05, 3.63) is 42.1 Å². The normalized spacial score (nSPS) is 25.8. The van der Waals surface area contributed by atoms with Gasteiger partial charge in [0.15, 0.2) is 0 Å². The molecule has 3 rings (SSSR count). The quantitative estimate of drug-likeness (QED) is 0.718. The van der Waals surface area contributed by atoms with E-state index in [1.165, 1.54) is 10.5 Å². The van der Waals surface area contributed by atoms with E-state index in [0.29, 0.717) is 13.1 Å². The molecule has 2 heterocycles. The maximum Gasteiger partial charge on any atom is 0.407 e. The highest BCUT2D eigenvalue weighted by atomic mass is 16.4. The summed E-state index contributed by atoms with van der Waals surface area (Å²) < 4.78 is 0. The summed E-state index contributed by atoms with van der Waals surface area (Å²) in [4.78, 5) is 12.5. The molecule has 1 saturated heterocycles. The summed E-state index contributed by atoms with van der Waals surface area (Å²) in [5.41, 5.74) is 2.15. The number of hydrogen-bond acceptors (Lipinski definition) is 2. The summed E-state index contributed by atoms with van der Waals surface area (Å²) in [6.45, 7) is 1.16. The van der Waals surface area contributed by atoms with Crippen LogP contribution in [-0.2, 0) is 5.41 Å². The molecule has 2 aliphatic heterocycles. The lowest BCUT2D eigenvalue weighted by Crippen LogP contribution is -2.34. The van der Waals surface area contributed by atoms with Crippen molar-refractivity contribution in [3.8, 4) is 0 Å². The number of para-hydroxylation sites is 1. The SMILES string of the molecule is O=C(O)N1CCC2(C=CNc3ccccc32)C1. The van der Waals surface area contributed by atoms with Crippen LogP contribution in [0.3, 0.4) is 0 Å². The van der Waals surface area contributed by atoms with Crippen LogP contribution in [-0.4, -0.2) is 29.2 Å². The number of nitrogens with zero attached hydrogens (tertiary/aromatic N) is 1. The fourth-order valence-electron chi connectivity index (χ4n) is 2.78. The molecule has 2 N–H and O–H groups in total. The Labute approximate surface area is 99.6 Å². The Morgan fingerprint density at radius 1 is 1.41 bits per heavy atom. The molecule has 0 saturated carbocycles. The van der Waals surface area contributed by atoms with E-state index in [4.69, 9.17) is 5.11 Å². The first kappa shape index (κ1) is 10.2. The van der Waals surface area contributed by atoms with Gasteiger partial charge >= 0.3 is 6.09 Å². The number of anilines is 1. The molecular formula is C13H14N2O2. The molecule has 1 spiro atoms. The Balaban J connectivity index is 2.01. The smallest absolute Gasteiger partial charge is 0.407 e. The average molecular weight is 230 g/mol. The van der Waals surface area contributed by atoms with Crippen molar-refractivity contribution < 1.29 is 9.90 Å². The Morgan fingerprint density at radius 3 is 3.00 bits per heavy atom. The number of amides is 1. The van der Waals surface area contributed by atoms with Crippen LogP contribution in [0.25, 0.3) is 0 Å². The fraction of sp³-hybridized carbons (Fsp3) is 0.308. The van der Waals surface area contributed by atoms with Gasteiger partial charge in [-0.2, -0.15) is 0 Å². The maximum absolute atomic E-state index is 11.0. The van der Waals surface area contributed by atoms with E-state index in [1.807, 2.05) is 24.4 Å². The molecule has 1 amide bonds. The first-order valence-corrected chi connectivity index (χ1v) is 5.73. The minimum Gasteiger partial charge on any atom is -0.465 e. The molecule has 4 nitrogen and oxygen atoms in total. The lowest BCUT2D eigenvalue weighted by atomic mass is 9.77. The van der Waals surface area contributed by atoms with E-state index in [-0.39, 0.29) is 5.41 Å². The molecule has 0 bridgehead atoms. The molecule has 1 aromatic rings. The molecule has 1 atom stereocenters. The van der Waals surface area contributed by atoms with Gasteiger partial charge in [0.05, 0.1) is 0 Å². The van der Waals surface area contributed by atoms with Crippen LogP contribution >= 0.6 is 0 Å². The van der Waals surface area contributed by atoms with Crippen LogP contribution in [0.5, 0.6) is 0 Å². The Hall–Kier alpha value is -1.97. The van der Waals surface area contributed by atoms with Gasteiger partial charge in [-0.25, -0.2) is 4.79 Å². The third-order valence-electron chi connectivity index (χ3n) is 3.68. The second-order valence-corrected chi connectivity index (χ2v) is 4.63. The van der Waals surface area contributed by atoms with Crippen LogP contribution in [0.2, 0.25) is 0 Å². The molecule has 2 aliphatic rings. The molecule has 1 aromatic carbocycles. The van der Waals surface area contributed by atoms with Crippen molar-refractivity contribution in [2.75, 3.05) is 18.4 Å². The summed E-state index contributed by atoms with van der Waals surface area (Å²) in [6.07, 6.45) is 4.05. The first-order chi connectivity index (χ1) is 8.21. The Bertz CT molecular complexity index is 498. The minimum absolute atomic E-state index is 0.139. The Kier molecular flexibility index (Phi) is 2.11. The highest BCUT2D eigenvalue weighted by molar-refractivity contribution is 5.68. The third kappa shape index (κ3) is 1.48. The molecule has 0 aromatic heterocycles. The van der Waals surface area contributed by atoms with Gasteiger partial charge in [-0.3, -0.25) is 0 Å². The zero-order valence-electron chi connectivity index (χ0n) is 9.39. The van der Waals surface area contributed by atoms with E-state index in [0.717, 1.165) is 12.1 Å². The number of carbonyl (C=O) groups is 1. The lowest BCUT2D eigenvalue weighted by Gasteiger charge is -2.31. The molecular weight excluding hydrogens is 216 g/mol. The average Bonchev–Trinajstić information content (AvgIpc) is 2.75. The molecule has 0 aliphatic carbocycles. The van der Waals surface area contributed by atoms with Gasteiger partial charge in [0.25, 0.3) is 0 Å². The van der Waals surface area contributed by atoms with Gasteiger partial charge in [-0.1, -0.05) is 24.3 Å². The standard InChI is InChI=1S/C13H14N2O2/c16-12(17)15-8-6-13(9-15)5-7-14-11-4-2-1-3-10(11)13/h1-5,7,14H,6,8-9H2,(H,16,17). The number of carboxylic acid groups (broad SMARTS) is 1. The van der Waals surface area contributed by atoms with E-state index < -0.39 is 6.09 Å². The first-order valence-electron chi connectivity index (χ1n) is 5.73. The molecule has 17 heavy (non-hydrogen) atoms. The van der Waals surface area contributed by atoms with Crippen molar-refractivity contribution >= 4 is 11.8 Å². The number of fused-ring (bicyclic) bond motifs is 2. The molecule has 0 radical (unpaired) electrons.